The van der Waals surface area contributed by atoms with E-state index in [1.165, 1.54) is 15.9 Å². The standard InChI is InChI=1S/C26H22O2P.ClH/c27-26(22-13-5-1-6-14-22)28-21-29(23-15-7-2-8-16-23,24-17-9-3-10-18-24)25-19-11-4-12-20-25;/h1-20H,21H2;1H/q+1;/p-1. The lowest BCUT2D eigenvalue weighted by Crippen LogP contribution is -3.00. The van der Waals surface area contributed by atoms with E-state index < -0.39 is 7.26 Å². The van der Waals surface area contributed by atoms with Gasteiger partial charge in [0.25, 0.3) is 0 Å². The zero-order valence-corrected chi connectivity index (χ0v) is 18.0. The number of carbonyl (C=O) groups is 1. The number of hydrogen-bond acceptors (Lipinski definition) is 2. The predicted octanol–water partition coefficient (Wildman–Crippen LogP) is 1.80. The molecule has 0 saturated heterocycles. The smallest absolute Gasteiger partial charge is 0.341 e. The molecule has 150 valence electrons. The van der Waals surface area contributed by atoms with Crippen LogP contribution in [-0.4, -0.2) is 12.3 Å². The maximum Gasteiger partial charge on any atom is 0.341 e. The summed E-state index contributed by atoms with van der Waals surface area (Å²) in [7, 11) is -2.17. The van der Waals surface area contributed by atoms with Crippen molar-refractivity contribution in [3.05, 3.63) is 127 Å². The van der Waals surface area contributed by atoms with E-state index in [1.54, 1.807) is 12.1 Å². The topological polar surface area (TPSA) is 26.3 Å². The van der Waals surface area contributed by atoms with Crippen molar-refractivity contribution in [2.45, 2.75) is 0 Å². The number of halogens is 1. The van der Waals surface area contributed by atoms with Gasteiger partial charge in [-0.15, -0.1) is 0 Å². The largest absolute Gasteiger partial charge is 1.00 e. The Hall–Kier alpha value is -2.93. The van der Waals surface area contributed by atoms with Gasteiger partial charge >= 0.3 is 5.97 Å². The van der Waals surface area contributed by atoms with Crippen LogP contribution in [0.15, 0.2) is 121 Å². The molecule has 0 aliphatic rings. The number of carbonyl (C=O) groups excluding carboxylic acids is 1. The maximum absolute atomic E-state index is 12.8. The van der Waals surface area contributed by atoms with Gasteiger partial charge in [0.1, 0.15) is 15.9 Å². The van der Waals surface area contributed by atoms with Crippen molar-refractivity contribution in [2.24, 2.45) is 0 Å². The molecule has 4 rings (SSSR count). The summed E-state index contributed by atoms with van der Waals surface area (Å²) in [5, 5.41) is 3.58. The van der Waals surface area contributed by atoms with Crippen LogP contribution in [0, 0.1) is 0 Å². The van der Waals surface area contributed by atoms with E-state index in [0.29, 0.717) is 11.9 Å². The van der Waals surface area contributed by atoms with Gasteiger partial charge in [-0.2, -0.15) is 0 Å². The van der Waals surface area contributed by atoms with E-state index in [2.05, 4.69) is 72.8 Å². The molecular formula is C26H22ClO2P. The number of hydrogen-bond donors (Lipinski definition) is 0. The maximum atomic E-state index is 12.8. The van der Waals surface area contributed by atoms with E-state index in [-0.39, 0.29) is 18.4 Å². The van der Waals surface area contributed by atoms with Crippen LogP contribution in [0.1, 0.15) is 10.4 Å². The molecule has 4 heteroatoms. The van der Waals surface area contributed by atoms with Crippen molar-refractivity contribution >= 4 is 29.1 Å². The molecule has 0 saturated carbocycles. The highest BCUT2D eigenvalue weighted by Crippen LogP contribution is 2.55. The highest BCUT2D eigenvalue weighted by atomic mass is 35.5. The minimum atomic E-state index is -2.17. The zero-order chi connectivity index (χ0) is 19.9. The quantitative estimate of drug-likeness (QED) is 0.343. The molecule has 0 fully saturated rings. The van der Waals surface area contributed by atoms with Crippen LogP contribution in [0.3, 0.4) is 0 Å². The van der Waals surface area contributed by atoms with Crippen LogP contribution in [0.25, 0.3) is 0 Å². The minimum Gasteiger partial charge on any atom is -1.00 e. The first kappa shape index (κ1) is 21.8. The van der Waals surface area contributed by atoms with Gasteiger partial charge in [0.05, 0.1) is 5.56 Å². The number of ether oxygens (including phenoxy) is 1. The molecule has 0 aliphatic heterocycles. The van der Waals surface area contributed by atoms with Crippen LogP contribution in [0.5, 0.6) is 0 Å². The molecule has 0 aromatic heterocycles. The van der Waals surface area contributed by atoms with E-state index in [4.69, 9.17) is 4.74 Å². The van der Waals surface area contributed by atoms with E-state index in [1.807, 2.05) is 36.4 Å². The second-order valence-corrected chi connectivity index (χ2v) is 10.2. The average Bonchev–Trinajstić information content (AvgIpc) is 2.82. The highest BCUT2D eigenvalue weighted by molar-refractivity contribution is 7.95. The lowest BCUT2D eigenvalue weighted by atomic mass is 10.2. The minimum absolute atomic E-state index is 0. The summed E-state index contributed by atoms with van der Waals surface area (Å²) in [6.45, 7) is 0. The molecule has 4 aromatic carbocycles. The molecule has 0 radical (unpaired) electrons. The Morgan fingerprint density at radius 3 is 1.27 bits per heavy atom. The molecule has 4 aromatic rings. The monoisotopic (exact) mass is 432 g/mol. The zero-order valence-electron chi connectivity index (χ0n) is 16.4. The number of benzene rings is 4. The van der Waals surface area contributed by atoms with Gasteiger partial charge < -0.3 is 17.1 Å². The van der Waals surface area contributed by atoms with Crippen molar-refractivity contribution < 1.29 is 21.9 Å². The van der Waals surface area contributed by atoms with Gasteiger partial charge in [0, 0.05) is 0 Å². The second-order valence-electron chi connectivity index (χ2n) is 6.74. The molecule has 30 heavy (non-hydrogen) atoms. The Bertz CT molecular complexity index is 959. The summed E-state index contributed by atoms with van der Waals surface area (Å²) in [5.41, 5.74) is 0.569. The lowest BCUT2D eigenvalue weighted by molar-refractivity contribution is -0.0000209. The molecule has 0 spiro atoms. The first-order chi connectivity index (χ1) is 14.3. The summed E-state index contributed by atoms with van der Waals surface area (Å²) in [6, 6.07) is 40.4. The summed E-state index contributed by atoms with van der Waals surface area (Å²) < 4.78 is 5.97. The van der Waals surface area contributed by atoms with Crippen LogP contribution in [0.2, 0.25) is 0 Å². The third-order valence-corrected chi connectivity index (χ3v) is 9.05. The van der Waals surface area contributed by atoms with Gasteiger partial charge in [-0.05, 0) is 48.5 Å². The molecule has 0 N–H and O–H groups in total. The fraction of sp³-hybridized carbons (Fsp3) is 0.0385. The van der Waals surface area contributed by atoms with E-state index in [9.17, 15) is 4.79 Å². The first-order valence-corrected chi connectivity index (χ1v) is 11.6. The molecule has 0 unspecified atom stereocenters. The molecule has 0 amide bonds. The molecule has 2 nitrogen and oxygen atoms in total. The fourth-order valence-electron chi connectivity index (χ4n) is 3.53. The predicted molar refractivity (Wildman–Crippen MR) is 122 cm³/mol. The SMILES string of the molecule is O=C(OC[P+](c1ccccc1)(c1ccccc1)c1ccccc1)c1ccccc1.[Cl-]. The summed E-state index contributed by atoms with van der Waals surface area (Å²) in [4.78, 5) is 12.8. The van der Waals surface area contributed by atoms with Gasteiger partial charge in [0.15, 0.2) is 7.26 Å². The third-order valence-electron chi connectivity index (χ3n) is 4.99. The fourth-order valence-corrected chi connectivity index (χ4v) is 7.23. The Morgan fingerprint density at radius 2 is 0.900 bits per heavy atom. The summed E-state index contributed by atoms with van der Waals surface area (Å²) in [5.74, 6) is -0.294. The van der Waals surface area contributed by atoms with Crippen molar-refractivity contribution in [1.82, 2.24) is 0 Å². The van der Waals surface area contributed by atoms with Gasteiger partial charge in [-0.25, -0.2) is 4.79 Å². The van der Waals surface area contributed by atoms with Gasteiger partial charge in [-0.1, -0.05) is 72.8 Å². The normalized spacial score (nSPS) is 10.7. The Balaban J connectivity index is 0.00000256. The second kappa shape index (κ2) is 10.2. The first-order valence-electron chi connectivity index (χ1n) is 9.58. The van der Waals surface area contributed by atoms with Gasteiger partial charge in [0.2, 0.25) is 6.35 Å². The summed E-state index contributed by atoms with van der Waals surface area (Å²) >= 11 is 0. The Labute approximate surface area is 184 Å². The van der Waals surface area contributed by atoms with Crippen LogP contribution >= 0.6 is 7.26 Å². The van der Waals surface area contributed by atoms with E-state index in [0.717, 1.165) is 0 Å². The average molecular weight is 433 g/mol. The number of esters is 1. The van der Waals surface area contributed by atoms with Crippen LogP contribution < -0.4 is 28.3 Å². The van der Waals surface area contributed by atoms with Gasteiger partial charge in [-0.3, -0.25) is 0 Å². The Kier molecular flexibility index (Phi) is 7.41. The van der Waals surface area contributed by atoms with Crippen molar-refractivity contribution in [2.75, 3.05) is 6.35 Å². The van der Waals surface area contributed by atoms with E-state index >= 15 is 0 Å². The molecule has 0 bridgehead atoms. The molecule has 0 heterocycles. The molecule has 0 atom stereocenters. The van der Waals surface area contributed by atoms with Crippen LogP contribution in [-0.2, 0) is 4.74 Å². The van der Waals surface area contributed by atoms with Crippen molar-refractivity contribution in [1.29, 1.82) is 0 Å². The highest BCUT2D eigenvalue weighted by Gasteiger charge is 2.46. The molecule has 0 aliphatic carbocycles. The third kappa shape index (κ3) is 4.46. The summed E-state index contributed by atoms with van der Waals surface area (Å²) in [6.07, 6.45) is 0.318. The lowest BCUT2D eigenvalue weighted by Gasteiger charge is -2.26. The van der Waals surface area contributed by atoms with Crippen LogP contribution in [0.4, 0.5) is 0 Å². The molecular weight excluding hydrogens is 411 g/mol. The number of rotatable bonds is 6. The Morgan fingerprint density at radius 1 is 0.567 bits per heavy atom. The van der Waals surface area contributed by atoms with Crippen molar-refractivity contribution in [3.63, 3.8) is 0 Å². The van der Waals surface area contributed by atoms with Crippen molar-refractivity contribution in [3.8, 4) is 0 Å².